The fourth-order valence-corrected chi connectivity index (χ4v) is 11.3. The van der Waals surface area contributed by atoms with E-state index >= 15 is 4.39 Å². The van der Waals surface area contributed by atoms with Crippen LogP contribution < -0.4 is 25.8 Å². The number of aromatic nitrogens is 3. The van der Waals surface area contributed by atoms with Crippen LogP contribution in [0, 0.1) is 5.92 Å². The Hall–Kier alpha value is -4.82. The number of hydrogen-bond donors (Lipinski definition) is 2. The topological polar surface area (TPSA) is 130 Å². The summed E-state index contributed by atoms with van der Waals surface area (Å²) in [5.74, 6) is 0.317. The van der Waals surface area contributed by atoms with Crippen molar-refractivity contribution < 1.29 is 23.5 Å². The number of alkyl halides is 1. The summed E-state index contributed by atoms with van der Waals surface area (Å²) in [5, 5.41) is 6.31. The van der Waals surface area contributed by atoms with Crippen molar-refractivity contribution in [2.75, 3.05) is 31.1 Å². The fourth-order valence-electron chi connectivity index (χ4n) is 10.8. The number of carbonyl (C=O) groups excluding carboxylic acids is 3. The first kappa shape index (κ1) is 35.4. The summed E-state index contributed by atoms with van der Waals surface area (Å²) in [6, 6.07) is 15.7. The predicted molar refractivity (Wildman–Crippen MR) is 215 cm³/mol. The number of amides is 3. The second-order valence-electron chi connectivity index (χ2n) is 17.2. The van der Waals surface area contributed by atoms with E-state index in [1.165, 1.54) is 0 Å². The average molecular weight is 837 g/mol. The number of imide groups is 1. The number of benzene rings is 3. The minimum Gasteiger partial charge on any atom is -0.484 e. The maximum Gasteiger partial charge on any atom is 0.283 e. The Morgan fingerprint density at radius 1 is 0.930 bits per heavy atom. The van der Waals surface area contributed by atoms with Crippen LogP contribution in [-0.2, 0) is 22.6 Å². The number of halogens is 2. The molecule has 294 valence electrons. The molecule has 14 heteroatoms. The largest absolute Gasteiger partial charge is 0.484 e. The molecule has 1 spiro atoms. The number of piperidine rings is 2. The Balaban J connectivity index is 0.846. The summed E-state index contributed by atoms with van der Waals surface area (Å²) < 4.78 is 29.0. The van der Waals surface area contributed by atoms with E-state index in [0.29, 0.717) is 87.3 Å². The second kappa shape index (κ2) is 12.8. The number of fused-ring (bicyclic) bond motifs is 7. The van der Waals surface area contributed by atoms with Crippen molar-refractivity contribution in [3.05, 3.63) is 80.0 Å². The third kappa shape index (κ3) is 5.49. The highest BCUT2D eigenvalue weighted by Crippen LogP contribution is 2.48. The first-order valence-corrected chi connectivity index (χ1v) is 21.2. The van der Waals surface area contributed by atoms with Crippen LogP contribution in [0.1, 0.15) is 85.3 Å². The molecular weight excluding hydrogens is 793 g/mol. The van der Waals surface area contributed by atoms with Crippen LogP contribution in [0.25, 0.3) is 27.7 Å². The van der Waals surface area contributed by atoms with E-state index in [4.69, 9.17) is 4.74 Å². The van der Waals surface area contributed by atoms with Crippen LogP contribution in [0.2, 0.25) is 0 Å². The van der Waals surface area contributed by atoms with Gasteiger partial charge in [-0.15, -0.1) is 0 Å². The molecular formula is C43H43BrFN7O5. The van der Waals surface area contributed by atoms with Gasteiger partial charge in [-0.2, -0.15) is 4.98 Å². The molecule has 7 heterocycles. The fraction of sp³-hybridized carbons (Fsp3) is 0.465. The third-order valence-corrected chi connectivity index (χ3v) is 14.6. The van der Waals surface area contributed by atoms with Crippen LogP contribution in [0.5, 0.6) is 5.75 Å². The number of rotatable bonds is 5. The lowest BCUT2D eigenvalue weighted by molar-refractivity contribution is -0.136. The van der Waals surface area contributed by atoms with Crippen LogP contribution in [0.4, 0.5) is 10.1 Å². The Morgan fingerprint density at radius 3 is 2.49 bits per heavy atom. The molecule has 57 heavy (non-hydrogen) atoms. The highest BCUT2D eigenvalue weighted by Gasteiger charge is 2.53. The van der Waals surface area contributed by atoms with Crippen LogP contribution in [0.15, 0.2) is 57.8 Å². The van der Waals surface area contributed by atoms with Gasteiger partial charge in [0.15, 0.2) is 0 Å². The molecule has 3 saturated heterocycles. The molecule has 1 aliphatic carbocycles. The summed E-state index contributed by atoms with van der Waals surface area (Å²) in [4.78, 5) is 59.8. The van der Waals surface area contributed by atoms with E-state index in [1.807, 2.05) is 30.3 Å². The molecule has 3 aromatic carbocycles. The van der Waals surface area contributed by atoms with Crippen molar-refractivity contribution in [1.29, 1.82) is 0 Å². The molecule has 4 fully saturated rings. The number of carbonyl (C=O) groups is 3. The lowest BCUT2D eigenvalue weighted by Gasteiger charge is -2.53. The normalized spacial score (nSPS) is 24.3. The van der Waals surface area contributed by atoms with Gasteiger partial charge in [-0.3, -0.25) is 28.9 Å². The highest BCUT2D eigenvalue weighted by atomic mass is 79.9. The summed E-state index contributed by atoms with van der Waals surface area (Å²) in [6.45, 7) is 2.70. The molecule has 12 nitrogen and oxygen atoms in total. The number of hydrogen-bond acceptors (Lipinski definition) is 8. The van der Waals surface area contributed by atoms with E-state index in [2.05, 4.69) is 63.6 Å². The number of nitrogens with one attached hydrogen (secondary N) is 2. The first-order chi connectivity index (χ1) is 27.6. The molecule has 5 aromatic rings. The van der Waals surface area contributed by atoms with Crippen molar-refractivity contribution in [2.24, 2.45) is 5.92 Å². The van der Waals surface area contributed by atoms with Gasteiger partial charge in [-0.25, -0.2) is 4.39 Å². The van der Waals surface area contributed by atoms with Gasteiger partial charge in [0.1, 0.15) is 23.1 Å². The van der Waals surface area contributed by atoms with Gasteiger partial charge in [0.2, 0.25) is 17.6 Å². The SMILES string of the molecule is O=C1CC[C@H](N2Cc3cc4c(cc3C2=O)OC2(CNC2)C(CC2(F)CCN(c3ccc5c(c3)n(C3CCCC3)c3nc(=O)c6c(Br)cccc6n53)CC2)C4)C(=O)N1. The number of anilines is 1. The van der Waals surface area contributed by atoms with Gasteiger partial charge >= 0.3 is 0 Å². The van der Waals surface area contributed by atoms with Gasteiger partial charge < -0.3 is 24.4 Å². The van der Waals surface area contributed by atoms with Gasteiger partial charge in [-0.05, 0) is 114 Å². The molecule has 2 atom stereocenters. The quantitative estimate of drug-likeness (QED) is 0.215. The maximum absolute atomic E-state index is 17.1. The molecule has 2 aromatic heterocycles. The van der Waals surface area contributed by atoms with E-state index in [1.54, 1.807) is 4.90 Å². The molecule has 6 aliphatic rings. The lowest BCUT2D eigenvalue weighted by atomic mass is 9.69. The third-order valence-electron chi connectivity index (χ3n) is 13.9. The van der Waals surface area contributed by atoms with Gasteiger partial charge in [0, 0.05) is 66.8 Å². The molecule has 1 saturated carbocycles. The number of nitrogens with zero attached hydrogens (tertiary/aromatic N) is 5. The molecule has 0 bridgehead atoms. The Kier molecular flexibility index (Phi) is 7.96. The van der Waals surface area contributed by atoms with Crippen molar-refractivity contribution in [2.45, 2.75) is 94.1 Å². The molecule has 0 radical (unpaired) electrons. The highest BCUT2D eigenvalue weighted by molar-refractivity contribution is 9.10. The van der Waals surface area contributed by atoms with Crippen LogP contribution in [-0.4, -0.2) is 80.1 Å². The second-order valence-corrected chi connectivity index (χ2v) is 18.1. The maximum atomic E-state index is 17.1. The Bertz CT molecular complexity index is 2620. The van der Waals surface area contributed by atoms with E-state index in [9.17, 15) is 19.2 Å². The van der Waals surface area contributed by atoms with Crippen molar-refractivity contribution in [3.8, 4) is 5.75 Å². The molecule has 1 unspecified atom stereocenters. The minimum atomic E-state index is -1.36. The molecule has 3 amide bonds. The average Bonchev–Trinajstić information content (AvgIpc) is 3.89. The van der Waals surface area contributed by atoms with Crippen LogP contribution in [0.3, 0.4) is 0 Å². The smallest absolute Gasteiger partial charge is 0.283 e. The zero-order chi connectivity index (χ0) is 38.8. The predicted octanol–water partition coefficient (Wildman–Crippen LogP) is 5.73. The van der Waals surface area contributed by atoms with E-state index in [-0.39, 0.29) is 35.8 Å². The Morgan fingerprint density at radius 2 is 1.74 bits per heavy atom. The van der Waals surface area contributed by atoms with Gasteiger partial charge in [0.05, 0.1) is 21.9 Å². The van der Waals surface area contributed by atoms with E-state index in [0.717, 1.165) is 63.5 Å². The summed E-state index contributed by atoms with van der Waals surface area (Å²) in [5.41, 5.74) is 4.11. The first-order valence-electron chi connectivity index (χ1n) is 20.4. The zero-order valence-electron chi connectivity index (χ0n) is 31.5. The van der Waals surface area contributed by atoms with Crippen molar-refractivity contribution >= 4 is 67.1 Å². The molecule has 2 N–H and O–H groups in total. The minimum absolute atomic E-state index is 0.0482. The van der Waals surface area contributed by atoms with E-state index < -0.39 is 23.2 Å². The zero-order valence-corrected chi connectivity index (χ0v) is 33.1. The van der Waals surface area contributed by atoms with Gasteiger partial charge in [0.25, 0.3) is 11.5 Å². The summed E-state index contributed by atoms with van der Waals surface area (Å²) in [7, 11) is 0. The number of ether oxygens (including phenoxy) is 1. The summed E-state index contributed by atoms with van der Waals surface area (Å²) in [6.07, 6.45) is 6.71. The standard InChI is InChI=1S/C43H43BrFN7O5/c44-30-6-3-7-32-37(30)39(55)48-41-51(27-4-1-2-5-27)34-18-28(8-9-31(34)52(32)41)49-14-12-42(45,13-15-49)20-26-17-24-16-25-21-50(33-10-11-36(53)47-38(33)54)40(56)29(25)19-35(24)57-43(26)22-46-23-43/h3,6-9,16,18-19,26-27,33,46H,1-2,4-5,10-15,17,20-23H2,(H,47,53,54)/t26?,33-/m0/s1. The summed E-state index contributed by atoms with van der Waals surface area (Å²) >= 11 is 3.59. The monoisotopic (exact) mass is 835 g/mol. The van der Waals surface area contributed by atoms with Gasteiger partial charge in [-0.1, -0.05) is 18.9 Å². The Labute approximate surface area is 335 Å². The van der Waals surface area contributed by atoms with Crippen LogP contribution >= 0.6 is 15.9 Å². The molecule has 5 aliphatic heterocycles. The van der Waals surface area contributed by atoms with Crippen molar-refractivity contribution in [3.63, 3.8) is 0 Å². The molecule has 11 rings (SSSR count). The van der Waals surface area contributed by atoms with Crippen molar-refractivity contribution in [1.82, 2.24) is 29.5 Å². The lowest BCUT2D eigenvalue weighted by Crippen LogP contribution is -2.69. The number of imidazole rings is 1.